The van der Waals surface area contributed by atoms with E-state index in [1.54, 1.807) is 0 Å². The molecule has 0 bridgehead atoms. The topological polar surface area (TPSA) is 79.5 Å². The van der Waals surface area contributed by atoms with E-state index in [9.17, 15) is 4.79 Å². The van der Waals surface area contributed by atoms with Gasteiger partial charge >= 0.3 is 0 Å². The molecule has 5 heterocycles. The van der Waals surface area contributed by atoms with Crippen molar-refractivity contribution >= 4 is 50.3 Å². The molecule has 1 amide bonds. The molecule has 4 atom stereocenters. The summed E-state index contributed by atoms with van der Waals surface area (Å²) in [6, 6.07) is -0.368. The van der Waals surface area contributed by atoms with Gasteiger partial charge in [-0.2, -0.15) is 0 Å². The Balaban J connectivity index is 1.29. The first-order chi connectivity index (χ1) is 14.5. The number of likely N-dealkylation sites (tertiary alicyclic amines) is 1. The first-order valence-electron chi connectivity index (χ1n) is 10.3. The number of H-pyrrole nitrogens is 1. The Morgan fingerprint density at radius 2 is 2.13 bits per heavy atom. The number of thioether (sulfide) groups is 2. The maximum Gasteiger partial charge on any atom is 0.240 e. The van der Waals surface area contributed by atoms with Gasteiger partial charge < -0.3 is 19.4 Å². The average Bonchev–Trinajstić information content (AvgIpc) is 3.41. The number of nitrogens with one attached hydrogen (secondary N) is 2. The highest BCUT2D eigenvalue weighted by molar-refractivity contribution is 9.14. The standard InChI is InChI=1S/C20H25BrN4O3S2/c1-10(2)17(24-20-27-9-28-20)19(26)25-5-3-4-12(25)18-22-8-11(23-18)13-6-14-15(29-13)7-16(21)30-14/h6-8,10,12,14-15,17,20,24H,3-5,9H2,1-2H3,(H,22,23)/t12-,14?,15?,17-/m0/s1. The minimum Gasteiger partial charge on any atom is -0.340 e. The first-order valence-corrected chi connectivity index (χ1v) is 12.8. The second-order valence-corrected chi connectivity index (χ2v) is 12.0. The van der Waals surface area contributed by atoms with Crippen LogP contribution in [0.25, 0.3) is 4.91 Å². The van der Waals surface area contributed by atoms with Crippen LogP contribution in [0.2, 0.25) is 0 Å². The zero-order valence-electron chi connectivity index (χ0n) is 16.8. The summed E-state index contributed by atoms with van der Waals surface area (Å²) in [7, 11) is 0. The van der Waals surface area contributed by atoms with E-state index in [-0.39, 0.29) is 30.7 Å². The fraction of sp³-hybridized carbons (Fsp3) is 0.600. The lowest BCUT2D eigenvalue weighted by Gasteiger charge is -2.35. The smallest absolute Gasteiger partial charge is 0.240 e. The summed E-state index contributed by atoms with van der Waals surface area (Å²) in [4.78, 5) is 24.7. The number of carbonyl (C=O) groups is 1. The molecule has 2 saturated heterocycles. The highest BCUT2D eigenvalue weighted by Gasteiger charge is 2.39. The van der Waals surface area contributed by atoms with Gasteiger partial charge in [0.05, 0.1) is 24.0 Å². The van der Waals surface area contributed by atoms with Gasteiger partial charge in [-0.05, 0) is 40.8 Å². The van der Waals surface area contributed by atoms with E-state index in [1.807, 2.05) is 48.5 Å². The van der Waals surface area contributed by atoms with Crippen LogP contribution in [-0.4, -0.2) is 57.1 Å². The molecule has 0 spiro atoms. The Morgan fingerprint density at radius 1 is 1.33 bits per heavy atom. The van der Waals surface area contributed by atoms with E-state index in [0.717, 1.165) is 30.9 Å². The Morgan fingerprint density at radius 3 is 2.83 bits per heavy atom. The highest BCUT2D eigenvalue weighted by Crippen LogP contribution is 2.51. The number of hydrogen-bond donors (Lipinski definition) is 2. The van der Waals surface area contributed by atoms with Crippen molar-refractivity contribution in [3.8, 4) is 0 Å². The van der Waals surface area contributed by atoms with Crippen molar-refractivity contribution in [2.75, 3.05) is 13.3 Å². The van der Waals surface area contributed by atoms with Gasteiger partial charge in [0.25, 0.3) is 0 Å². The third-order valence-electron chi connectivity index (χ3n) is 5.85. The van der Waals surface area contributed by atoms with Crippen LogP contribution in [0.3, 0.4) is 0 Å². The van der Waals surface area contributed by atoms with Gasteiger partial charge in [0.2, 0.25) is 12.3 Å². The number of nitrogens with zero attached hydrogens (tertiary/aromatic N) is 2. The van der Waals surface area contributed by atoms with Crippen LogP contribution in [0.1, 0.15) is 44.2 Å². The van der Waals surface area contributed by atoms with Crippen molar-refractivity contribution in [1.29, 1.82) is 0 Å². The van der Waals surface area contributed by atoms with Gasteiger partial charge in [-0.15, -0.1) is 23.5 Å². The molecule has 2 fully saturated rings. The van der Waals surface area contributed by atoms with Gasteiger partial charge in [0, 0.05) is 25.8 Å². The van der Waals surface area contributed by atoms with Crippen molar-refractivity contribution < 1.29 is 14.3 Å². The van der Waals surface area contributed by atoms with Crippen LogP contribution in [0.4, 0.5) is 0 Å². The molecule has 0 aliphatic carbocycles. The molecule has 2 unspecified atom stereocenters. The van der Waals surface area contributed by atoms with E-state index in [2.05, 4.69) is 43.4 Å². The number of hydrogen-bond acceptors (Lipinski definition) is 7. The van der Waals surface area contributed by atoms with Gasteiger partial charge in [0.15, 0.2) is 6.79 Å². The summed E-state index contributed by atoms with van der Waals surface area (Å²) in [6.07, 6.45) is 7.90. The maximum absolute atomic E-state index is 13.4. The molecule has 0 radical (unpaired) electrons. The molecular formula is C20H25BrN4O3S2. The van der Waals surface area contributed by atoms with Crippen molar-refractivity contribution in [3.05, 3.63) is 33.7 Å². The van der Waals surface area contributed by atoms with Crippen molar-refractivity contribution in [2.24, 2.45) is 5.92 Å². The molecule has 4 aliphatic rings. The lowest BCUT2D eigenvalue weighted by molar-refractivity contribution is -0.335. The van der Waals surface area contributed by atoms with Crippen LogP contribution in [0, 0.1) is 5.92 Å². The van der Waals surface area contributed by atoms with E-state index in [4.69, 9.17) is 9.47 Å². The largest absolute Gasteiger partial charge is 0.340 e. The summed E-state index contributed by atoms with van der Waals surface area (Å²) >= 11 is 7.31. The van der Waals surface area contributed by atoms with Crippen molar-refractivity contribution in [3.63, 3.8) is 0 Å². The zero-order valence-corrected chi connectivity index (χ0v) is 20.1. The van der Waals surface area contributed by atoms with E-state index in [1.165, 1.54) is 8.72 Å². The van der Waals surface area contributed by atoms with Crippen molar-refractivity contribution in [2.45, 2.75) is 55.7 Å². The Kier molecular flexibility index (Phi) is 6.07. The minimum atomic E-state index is -0.490. The van der Waals surface area contributed by atoms with Gasteiger partial charge in [-0.3, -0.25) is 10.1 Å². The van der Waals surface area contributed by atoms with Gasteiger partial charge in [-0.25, -0.2) is 4.98 Å². The predicted octanol–water partition coefficient (Wildman–Crippen LogP) is 3.78. The molecule has 10 heteroatoms. The number of halogens is 1. The second-order valence-electron chi connectivity index (χ2n) is 8.21. The number of carbonyl (C=O) groups excluding carboxylic acids is 1. The molecule has 0 aromatic carbocycles. The SMILES string of the molecule is CC(C)[C@H](NC1OCO1)C(=O)N1CCC[C@H]1c1ncc(C2=CC3SC(Br)=CC3S2)[nH]1. The fourth-order valence-electron chi connectivity index (χ4n) is 4.23. The zero-order chi connectivity index (χ0) is 20.8. The molecule has 5 rings (SSSR count). The Labute approximate surface area is 192 Å². The van der Waals surface area contributed by atoms with Gasteiger partial charge in [0.1, 0.15) is 5.82 Å². The molecule has 7 nitrogen and oxygen atoms in total. The monoisotopic (exact) mass is 512 g/mol. The van der Waals surface area contributed by atoms with Crippen LogP contribution >= 0.6 is 39.5 Å². The fourth-order valence-corrected chi connectivity index (χ4v) is 7.91. The van der Waals surface area contributed by atoms with E-state index in [0.29, 0.717) is 10.5 Å². The molecule has 30 heavy (non-hydrogen) atoms. The molecule has 0 saturated carbocycles. The van der Waals surface area contributed by atoms with Crippen LogP contribution in [0.5, 0.6) is 0 Å². The van der Waals surface area contributed by atoms with Crippen LogP contribution in [0.15, 0.2) is 22.2 Å². The van der Waals surface area contributed by atoms with Gasteiger partial charge in [-0.1, -0.05) is 19.9 Å². The predicted molar refractivity (Wildman–Crippen MR) is 123 cm³/mol. The van der Waals surface area contributed by atoms with Crippen molar-refractivity contribution in [1.82, 2.24) is 20.2 Å². The summed E-state index contributed by atoms with van der Waals surface area (Å²) in [6.45, 7) is 5.10. The average molecular weight is 513 g/mol. The van der Waals surface area contributed by atoms with E-state index >= 15 is 0 Å². The number of imidazole rings is 1. The number of aromatic amines is 1. The minimum absolute atomic E-state index is 0.0209. The number of rotatable bonds is 6. The number of ether oxygens (including phenoxy) is 2. The molecule has 4 aliphatic heterocycles. The third-order valence-corrected chi connectivity index (χ3v) is 9.22. The van der Waals surface area contributed by atoms with E-state index < -0.39 is 6.41 Å². The number of amides is 1. The summed E-state index contributed by atoms with van der Waals surface area (Å²) in [5, 5.41) is 4.14. The number of fused-ring (bicyclic) bond motifs is 1. The highest BCUT2D eigenvalue weighted by atomic mass is 79.9. The number of aromatic nitrogens is 2. The summed E-state index contributed by atoms with van der Waals surface area (Å²) in [5.41, 5.74) is 1.05. The van der Waals surface area contributed by atoms with Crippen LogP contribution < -0.4 is 5.32 Å². The lowest BCUT2D eigenvalue weighted by atomic mass is 10.0. The molecule has 1 aromatic rings. The lowest BCUT2D eigenvalue weighted by Crippen LogP contribution is -2.56. The Bertz CT molecular complexity index is 885. The molecule has 2 N–H and O–H groups in total. The first kappa shape index (κ1) is 21.1. The summed E-state index contributed by atoms with van der Waals surface area (Å²) in [5.74, 6) is 1.08. The quantitative estimate of drug-likeness (QED) is 0.600. The Hall–Kier alpha value is -0.780. The summed E-state index contributed by atoms with van der Waals surface area (Å²) < 4.78 is 11.8. The normalized spacial score (nSPS) is 29.7. The van der Waals surface area contributed by atoms with Crippen LogP contribution in [-0.2, 0) is 14.3 Å². The second kappa shape index (κ2) is 8.63. The molecular weight excluding hydrogens is 488 g/mol. The third kappa shape index (κ3) is 4.02. The molecule has 162 valence electrons. The molecule has 1 aromatic heterocycles. The maximum atomic E-state index is 13.4.